The lowest BCUT2D eigenvalue weighted by Crippen LogP contribution is -2.41. The number of aromatic amines is 1. The number of amides is 2. The maximum Gasteiger partial charge on any atom is 0.330 e. The predicted octanol–water partition coefficient (Wildman–Crippen LogP) is 4.28. The van der Waals surface area contributed by atoms with E-state index in [4.69, 9.17) is 23.7 Å². The minimum absolute atomic E-state index is 0.113. The van der Waals surface area contributed by atoms with Crippen LogP contribution in [0, 0.1) is 0 Å². The molecule has 4 atom stereocenters. The van der Waals surface area contributed by atoms with Crippen molar-refractivity contribution in [2.75, 3.05) is 34.0 Å². The van der Waals surface area contributed by atoms with Crippen molar-refractivity contribution in [1.82, 2.24) is 14.5 Å². The summed E-state index contributed by atoms with van der Waals surface area (Å²) >= 11 is 0. The van der Waals surface area contributed by atoms with Gasteiger partial charge in [0, 0.05) is 25.4 Å². The number of carbonyl (C=O) groups is 2. The Morgan fingerprint density at radius 3 is 1.85 bits per heavy atom. The first kappa shape index (κ1) is 37.5. The van der Waals surface area contributed by atoms with Crippen LogP contribution in [0.2, 0.25) is 0 Å². The lowest BCUT2D eigenvalue weighted by molar-refractivity contribution is -0.0982. The van der Waals surface area contributed by atoms with Gasteiger partial charge in [-0.2, -0.15) is 0 Å². The number of aliphatic hydroxyl groups is 1. The van der Waals surface area contributed by atoms with Crippen LogP contribution in [0.5, 0.6) is 11.5 Å². The third-order valence-corrected chi connectivity index (χ3v) is 10.0. The van der Waals surface area contributed by atoms with Gasteiger partial charge in [-0.15, -0.1) is 0 Å². The van der Waals surface area contributed by atoms with Crippen molar-refractivity contribution >= 4 is 11.8 Å². The van der Waals surface area contributed by atoms with Crippen LogP contribution in [0.1, 0.15) is 56.5 Å². The summed E-state index contributed by atoms with van der Waals surface area (Å²) in [6.45, 7) is 0.154. The second-order valence-electron chi connectivity index (χ2n) is 13.2. The molecule has 55 heavy (non-hydrogen) atoms. The molecule has 0 aliphatic carbocycles. The Hall–Kier alpha value is -5.86. The number of unbranched alkanes of at least 4 members (excludes halogenated alkanes) is 1. The highest BCUT2D eigenvalue weighted by molar-refractivity contribution is 6.21. The fraction of sp³-hybridized carbons (Fsp3) is 0.286. The van der Waals surface area contributed by atoms with Gasteiger partial charge in [0.25, 0.3) is 17.4 Å². The van der Waals surface area contributed by atoms with E-state index in [0.717, 1.165) is 16.7 Å². The first-order chi connectivity index (χ1) is 26.7. The Morgan fingerprint density at radius 2 is 1.29 bits per heavy atom. The van der Waals surface area contributed by atoms with Crippen molar-refractivity contribution in [1.29, 1.82) is 0 Å². The number of aromatic nitrogens is 2. The molecule has 2 aliphatic rings. The standard InChI is InChI=1S/C42H41N3O10/c1-51-30-18-14-28(15-19-30)42(27-10-4-3-5-11-27,29-16-20-31(52-2)21-17-29)54-26-34-36(47)37(40(55-34)45-24-22-35(46)43-41(45)50)53-25-9-8-23-44-38(48)32-12-6-7-13-33(32)39(44)49/h3-7,10-22,24,34,36-37,40,47H,8-9,23,25-26H2,1-2H3,(H,43,46,50)/t34-,36-,37-,40-/m1/s1. The first-order valence-electron chi connectivity index (χ1n) is 18.0. The normalized spacial score (nSPS) is 19.4. The topological polar surface area (TPSA) is 159 Å². The van der Waals surface area contributed by atoms with Crippen molar-refractivity contribution in [3.63, 3.8) is 0 Å². The summed E-state index contributed by atoms with van der Waals surface area (Å²) in [4.78, 5) is 54.1. The Kier molecular flexibility index (Phi) is 11.1. The number of hydrogen-bond donors (Lipinski definition) is 2. The van der Waals surface area contributed by atoms with Gasteiger partial charge in [0.05, 0.1) is 32.0 Å². The number of fused-ring (bicyclic) bond motifs is 1. The highest BCUT2D eigenvalue weighted by Gasteiger charge is 2.48. The Bertz CT molecular complexity index is 2150. The van der Waals surface area contributed by atoms with Crippen molar-refractivity contribution in [2.24, 2.45) is 0 Å². The summed E-state index contributed by atoms with van der Waals surface area (Å²) < 4.78 is 31.6. The van der Waals surface area contributed by atoms with Crippen LogP contribution in [0.3, 0.4) is 0 Å². The second kappa shape index (κ2) is 16.2. The summed E-state index contributed by atoms with van der Waals surface area (Å²) in [7, 11) is 3.19. The molecule has 0 saturated carbocycles. The number of imide groups is 1. The molecule has 284 valence electrons. The molecule has 7 rings (SSSR count). The van der Waals surface area contributed by atoms with Crippen molar-refractivity contribution in [3.05, 3.63) is 164 Å². The van der Waals surface area contributed by atoms with E-state index in [9.17, 15) is 24.3 Å². The molecule has 13 heteroatoms. The van der Waals surface area contributed by atoms with Crippen LogP contribution in [0.15, 0.2) is 125 Å². The van der Waals surface area contributed by atoms with E-state index >= 15 is 0 Å². The monoisotopic (exact) mass is 747 g/mol. The summed E-state index contributed by atoms with van der Waals surface area (Å²) in [5, 5.41) is 11.8. The third-order valence-electron chi connectivity index (χ3n) is 10.0. The minimum atomic E-state index is -1.28. The highest BCUT2D eigenvalue weighted by atomic mass is 16.6. The molecule has 0 unspecified atom stereocenters. The Morgan fingerprint density at radius 1 is 0.727 bits per heavy atom. The molecule has 13 nitrogen and oxygen atoms in total. The zero-order chi connectivity index (χ0) is 38.5. The molecule has 2 amide bonds. The van der Waals surface area contributed by atoms with Crippen LogP contribution in [0.4, 0.5) is 0 Å². The number of ether oxygens (including phenoxy) is 5. The van der Waals surface area contributed by atoms with Gasteiger partial charge in [0.2, 0.25) is 0 Å². The summed E-state index contributed by atoms with van der Waals surface area (Å²) in [5.74, 6) is 0.649. The van der Waals surface area contributed by atoms with E-state index in [0.29, 0.717) is 35.5 Å². The lowest BCUT2D eigenvalue weighted by atomic mass is 9.80. The fourth-order valence-corrected chi connectivity index (χ4v) is 7.20. The lowest BCUT2D eigenvalue weighted by Gasteiger charge is -2.37. The third kappa shape index (κ3) is 7.34. The Balaban J connectivity index is 1.14. The Labute approximate surface area is 316 Å². The number of aliphatic hydroxyl groups excluding tert-OH is 1. The fourth-order valence-electron chi connectivity index (χ4n) is 7.20. The maximum atomic E-state index is 13.0. The zero-order valence-corrected chi connectivity index (χ0v) is 30.3. The van der Waals surface area contributed by atoms with Crippen molar-refractivity contribution in [2.45, 2.75) is 43.0 Å². The summed E-state index contributed by atoms with van der Waals surface area (Å²) in [5.41, 5.74) is 0.582. The van der Waals surface area contributed by atoms with E-state index < -0.39 is 41.4 Å². The van der Waals surface area contributed by atoms with Gasteiger partial charge in [0.15, 0.2) is 6.23 Å². The minimum Gasteiger partial charge on any atom is -0.497 e. The van der Waals surface area contributed by atoms with E-state index in [1.54, 1.807) is 38.5 Å². The molecule has 0 spiro atoms. The van der Waals surface area contributed by atoms with E-state index in [2.05, 4.69) is 4.98 Å². The van der Waals surface area contributed by atoms with Crippen LogP contribution in [-0.2, 0) is 19.8 Å². The van der Waals surface area contributed by atoms with Gasteiger partial charge in [-0.25, -0.2) is 4.79 Å². The average molecular weight is 748 g/mol. The number of nitrogens with zero attached hydrogens (tertiary/aromatic N) is 2. The van der Waals surface area contributed by atoms with E-state index in [1.807, 2.05) is 78.9 Å². The number of H-pyrrole nitrogens is 1. The van der Waals surface area contributed by atoms with Gasteiger partial charge in [-0.05, 0) is 65.9 Å². The summed E-state index contributed by atoms with van der Waals surface area (Å²) in [6.07, 6.45) is -2.29. The van der Waals surface area contributed by atoms with E-state index in [1.165, 1.54) is 21.7 Å². The van der Waals surface area contributed by atoms with Crippen LogP contribution < -0.4 is 20.7 Å². The molecule has 2 aliphatic heterocycles. The van der Waals surface area contributed by atoms with Gasteiger partial charge in [-0.3, -0.25) is 28.8 Å². The van der Waals surface area contributed by atoms with Gasteiger partial charge in [0.1, 0.15) is 35.4 Å². The van der Waals surface area contributed by atoms with Gasteiger partial charge < -0.3 is 28.8 Å². The second-order valence-corrected chi connectivity index (χ2v) is 13.2. The van der Waals surface area contributed by atoms with E-state index in [-0.39, 0.29) is 31.6 Å². The first-order valence-corrected chi connectivity index (χ1v) is 18.0. The van der Waals surface area contributed by atoms with Crippen molar-refractivity contribution < 1.29 is 38.4 Å². The van der Waals surface area contributed by atoms with Gasteiger partial charge >= 0.3 is 5.69 Å². The predicted molar refractivity (Wildman–Crippen MR) is 200 cm³/mol. The number of carbonyl (C=O) groups excluding carboxylic acids is 2. The SMILES string of the molecule is COc1ccc(C(OC[C@H]2O[C@@H](n3ccc(=O)[nH]c3=O)[C@H](OCCCCN3C(=O)c4ccccc4C3=O)[C@@H]2O)(c2ccccc2)c2ccc(OC)cc2)cc1. The molecule has 4 aromatic carbocycles. The van der Waals surface area contributed by atoms with Gasteiger partial charge in [-0.1, -0.05) is 66.7 Å². The number of rotatable bonds is 15. The average Bonchev–Trinajstić information content (AvgIpc) is 3.66. The maximum absolute atomic E-state index is 13.0. The largest absolute Gasteiger partial charge is 0.497 e. The number of hydrogen-bond acceptors (Lipinski definition) is 10. The molecule has 0 bridgehead atoms. The molecule has 1 aromatic heterocycles. The zero-order valence-electron chi connectivity index (χ0n) is 30.3. The number of nitrogens with one attached hydrogen (secondary N) is 1. The molecule has 5 aromatic rings. The quantitative estimate of drug-likeness (QED) is 0.0900. The smallest absolute Gasteiger partial charge is 0.330 e. The molecule has 1 saturated heterocycles. The van der Waals surface area contributed by atoms with Crippen molar-refractivity contribution in [3.8, 4) is 11.5 Å². The number of methoxy groups -OCH3 is 2. The molecular weight excluding hydrogens is 706 g/mol. The molecular formula is C42H41N3O10. The highest BCUT2D eigenvalue weighted by Crippen LogP contribution is 2.43. The van der Waals surface area contributed by atoms with Crippen LogP contribution in [0.25, 0.3) is 0 Å². The van der Waals surface area contributed by atoms with Crippen LogP contribution in [-0.4, -0.2) is 83.7 Å². The van der Waals surface area contributed by atoms with Crippen LogP contribution >= 0.6 is 0 Å². The number of benzene rings is 4. The molecule has 3 heterocycles. The molecule has 0 radical (unpaired) electrons. The summed E-state index contributed by atoms with van der Waals surface area (Å²) in [6, 6.07) is 32.6. The molecule has 1 fully saturated rings. The molecule has 2 N–H and O–H groups in total.